The molecular weight excluding hydrogens is 464 g/mol. The van der Waals surface area contributed by atoms with Gasteiger partial charge in [-0.3, -0.25) is 0 Å². The first-order valence-corrected chi connectivity index (χ1v) is 10.8. The zero-order valence-electron chi connectivity index (χ0n) is 19.5. The molecule has 4 heterocycles. The van der Waals surface area contributed by atoms with Gasteiger partial charge in [-0.15, -0.1) is 6.42 Å². The smallest absolute Gasteiger partial charge is 0.322 e. The average molecular weight is 483 g/mol. The molecule has 36 heavy (non-hydrogen) atoms. The number of benzene rings is 1. The molecule has 0 radical (unpaired) electrons. The van der Waals surface area contributed by atoms with E-state index in [0.29, 0.717) is 39.1 Å². The van der Waals surface area contributed by atoms with Gasteiger partial charge in [-0.1, -0.05) is 12.0 Å². The summed E-state index contributed by atoms with van der Waals surface area (Å²) in [5.74, 6) is 1.00. The quantitative estimate of drug-likeness (QED) is 0.291. The highest BCUT2D eigenvalue weighted by Crippen LogP contribution is 2.44. The van der Waals surface area contributed by atoms with Gasteiger partial charge in [0, 0.05) is 24.5 Å². The molecule has 0 aliphatic rings. The van der Waals surface area contributed by atoms with Crippen LogP contribution in [0, 0.1) is 38.0 Å². The Morgan fingerprint density at radius 1 is 1.03 bits per heavy atom. The number of nitrogen functional groups attached to an aromatic ring is 1. The minimum atomic E-state index is -0.765. The fourth-order valence-electron chi connectivity index (χ4n) is 4.15. The first-order valence-electron chi connectivity index (χ1n) is 10.8. The molecule has 5 aromatic rings. The Morgan fingerprint density at radius 3 is 2.53 bits per heavy atom. The van der Waals surface area contributed by atoms with Crippen molar-refractivity contribution in [2.45, 2.75) is 13.8 Å². The number of hydrogen-bond donors (Lipinski definition) is 1. The van der Waals surface area contributed by atoms with Gasteiger partial charge in [0.25, 0.3) is 0 Å². The Morgan fingerprint density at radius 2 is 1.83 bits per heavy atom. The van der Waals surface area contributed by atoms with Gasteiger partial charge in [0.1, 0.15) is 23.5 Å². The molecule has 0 fully saturated rings. The standard InChI is InChI=1S/C26H19F2N7O/c1-5-16-10-13(2)19(23(28)34-16)22-20(21-24(29)31-12-32-25(21)35(22)4)15-6-7-18(17(27)11-15)36-26-30-9-8-14(3)33-26/h1,6-12H,2-4H3,(H2,29,31,32). The Labute approximate surface area is 204 Å². The van der Waals surface area contributed by atoms with E-state index < -0.39 is 11.8 Å². The van der Waals surface area contributed by atoms with Crippen LogP contribution in [-0.4, -0.2) is 29.5 Å². The second-order valence-corrected chi connectivity index (χ2v) is 8.10. The lowest BCUT2D eigenvalue weighted by atomic mass is 9.96. The summed E-state index contributed by atoms with van der Waals surface area (Å²) in [6.45, 7) is 3.49. The molecule has 4 aromatic heterocycles. The van der Waals surface area contributed by atoms with Crippen molar-refractivity contribution in [3.05, 3.63) is 71.6 Å². The third kappa shape index (κ3) is 3.76. The number of hydrogen-bond acceptors (Lipinski definition) is 7. The van der Waals surface area contributed by atoms with Gasteiger partial charge in [-0.25, -0.2) is 29.3 Å². The molecular formula is C26H19F2N7O. The van der Waals surface area contributed by atoms with Crippen LogP contribution in [0.2, 0.25) is 0 Å². The second kappa shape index (κ2) is 8.70. The lowest BCUT2D eigenvalue weighted by Gasteiger charge is -2.13. The summed E-state index contributed by atoms with van der Waals surface area (Å²) in [5.41, 5.74) is 9.51. The summed E-state index contributed by atoms with van der Waals surface area (Å²) in [5, 5.41) is 0.449. The van der Waals surface area contributed by atoms with E-state index in [1.807, 2.05) is 0 Å². The monoisotopic (exact) mass is 483 g/mol. The minimum Gasteiger partial charge on any atom is -0.421 e. The topological polar surface area (TPSA) is 105 Å². The van der Waals surface area contributed by atoms with Crippen LogP contribution in [0.5, 0.6) is 11.8 Å². The van der Waals surface area contributed by atoms with Gasteiger partial charge in [0.2, 0.25) is 5.95 Å². The Balaban J connectivity index is 1.74. The Kier molecular flexibility index (Phi) is 5.53. The van der Waals surface area contributed by atoms with Crippen LogP contribution < -0.4 is 10.5 Å². The van der Waals surface area contributed by atoms with E-state index in [1.165, 1.54) is 24.7 Å². The average Bonchev–Trinajstić information content (AvgIpc) is 3.13. The van der Waals surface area contributed by atoms with Crippen molar-refractivity contribution in [3.63, 3.8) is 0 Å². The van der Waals surface area contributed by atoms with Crippen molar-refractivity contribution in [2.24, 2.45) is 7.05 Å². The van der Waals surface area contributed by atoms with Crippen molar-refractivity contribution in [3.8, 4) is 46.5 Å². The van der Waals surface area contributed by atoms with Crippen LogP contribution >= 0.6 is 0 Å². The highest BCUT2D eigenvalue weighted by molar-refractivity contribution is 6.08. The largest absolute Gasteiger partial charge is 0.421 e. The van der Waals surface area contributed by atoms with Crippen molar-refractivity contribution < 1.29 is 13.5 Å². The summed E-state index contributed by atoms with van der Waals surface area (Å²) < 4.78 is 37.8. The lowest BCUT2D eigenvalue weighted by molar-refractivity contribution is 0.410. The number of pyridine rings is 1. The molecule has 5 rings (SSSR count). The van der Waals surface area contributed by atoms with Gasteiger partial charge >= 0.3 is 6.01 Å². The van der Waals surface area contributed by atoms with Crippen LogP contribution in [0.15, 0.2) is 42.9 Å². The Bertz CT molecular complexity index is 1680. The number of aromatic nitrogens is 6. The zero-order chi connectivity index (χ0) is 25.6. The van der Waals surface area contributed by atoms with E-state index in [0.717, 1.165) is 0 Å². The third-order valence-electron chi connectivity index (χ3n) is 5.75. The summed E-state index contributed by atoms with van der Waals surface area (Å²) in [6.07, 6.45) is 8.25. The van der Waals surface area contributed by atoms with E-state index >= 15 is 8.78 Å². The number of rotatable bonds is 4. The molecule has 0 bridgehead atoms. The highest BCUT2D eigenvalue weighted by atomic mass is 19.1. The van der Waals surface area contributed by atoms with Crippen molar-refractivity contribution in [1.29, 1.82) is 0 Å². The van der Waals surface area contributed by atoms with Crippen molar-refractivity contribution in [2.75, 3.05) is 5.73 Å². The number of nitrogens with zero attached hydrogens (tertiary/aromatic N) is 6. The van der Waals surface area contributed by atoms with E-state index in [1.54, 1.807) is 43.7 Å². The van der Waals surface area contributed by atoms with Crippen LogP contribution in [-0.2, 0) is 7.05 Å². The molecule has 0 unspecified atom stereocenters. The fourth-order valence-corrected chi connectivity index (χ4v) is 4.15. The third-order valence-corrected chi connectivity index (χ3v) is 5.75. The van der Waals surface area contributed by atoms with Gasteiger partial charge in [0.15, 0.2) is 11.6 Å². The molecule has 0 saturated heterocycles. The maximum absolute atomic E-state index is 15.3. The molecule has 0 spiro atoms. The van der Waals surface area contributed by atoms with E-state index in [9.17, 15) is 0 Å². The molecule has 0 aliphatic carbocycles. The zero-order valence-corrected chi connectivity index (χ0v) is 19.5. The van der Waals surface area contributed by atoms with E-state index in [2.05, 4.69) is 30.8 Å². The summed E-state index contributed by atoms with van der Waals surface area (Å²) in [7, 11) is 1.71. The Hall–Kier alpha value is -4.91. The van der Waals surface area contributed by atoms with Crippen LogP contribution in [0.1, 0.15) is 17.0 Å². The first kappa shape index (κ1) is 22.9. The number of fused-ring (bicyclic) bond motifs is 1. The number of nitrogens with two attached hydrogens (primary N) is 1. The molecule has 0 amide bonds. The summed E-state index contributed by atoms with van der Waals surface area (Å²) >= 11 is 0. The maximum atomic E-state index is 15.3. The predicted molar refractivity (Wildman–Crippen MR) is 131 cm³/mol. The molecule has 0 atom stereocenters. The normalized spacial score (nSPS) is 11.0. The van der Waals surface area contributed by atoms with Gasteiger partial charge in [-0.2, -0.15) is 4.39 Å². The second-order valence-electron chi connectivity index (χ2n) is 8.10. The molecule has 0 aliphatic heterocycles. The maximum Gasteiger partial charge on any atom is 0.322 e. The minimum absolute atomic E-state index is 0.0162. The molecule has 8 nitrogen and oxygen atoms in total. The van der Waals surface area contributed by atoms with Gasteiger partial charge in [-0.05, 0) is 49.2 Å². The highest BCUT2D eigenvalue weighted by Gasteiger charge is 2.26. The lowest BCUT2D eigenvalue weighted by Crippen LogP contribution is -2.02. The summed E-state index contributed by atoms with van der Waals surface area (Å²) in [4.78, 5) is 20.5. The summed E-state index contributed by atoms with van der Waals surface area (Å²) in [6, 6.07) is 7.67. The molecule has 178 valence electrons. The van der Waals surface area contributed by atoms with Crippen LogP contribution in [0.4, 0.5) is 14.6 Å². The first-order chi connectivity index (χ1) is 17.3. The molecule has 1 aromatic carbocycles. The molecule has 10 heteroatoms. The number of aryl methyl sites for hydroxylation is 3. The van der Waals surface area contributed by atoms with Crippen LogP contribution in [0.25, 0.3) is 33.4 Å². The van der Waals surface area contributed by atoms with Crippen molar-refractivity contribution in [1.82, 2.24) is 29.5 Å². The van der Waals surface area contributed by atoms with Gasteiger partial charge in [0.05, 0.1) is 16.6 Å². The number of terminal acetylenes is 1. The predicted octanol–water partition coefficient (Wildman–Crippen LogP) is 4.74. The molecule has 2 N–H and O–H groups in total. The van der Waals surface area contributed by atoms with E-state index in [-0.39, 0.29) is 28.8 Å². The van der Waals surface area contributed by atoms with E-state index in [4.69, 9.17) is 16.9 Å². The van der Waals surface area contributed by atoms with Gasteiger partial charge < -0.3 is 15.0 Å². The fraction of sp³-hybridized carbons (Fsp3) is 0.115. The molecule has 0 saturated carbocycles. The number of ether oxygens (including phenoxy) is 1. The van der Waals surface area contributed by atoms with Crippen LogP contribution in [0.3, 0.4) is 0 Å². The SMILES string of the molecule is C#Cc1cc(C)c(-c2c(-c3ccc(Oc4nccc(C)n4)c(F)c3)c3c(N)ncnc3n2C)c(F)n1. The van der Waals surface area contributed by atoms with Crippen molar-refractivity contribution >= 4 is 16.9 Å². The number of halogens is 2. The number of anilines is 1.